The molecule has 1 aromatic carbocycles. The summed E-state index contributed by atoms with van der Waals surface area (Å²) in [5.41, 5.74) is 0.782. The maximum atomic E-state index is 6.27. The Morgan fingerprint density at radius 1 is 1.26 bits per heavy atom. The predicted octanol–water partition coefficient (Wildman–Crippen LogP) is 3.09. The molecule has 2 heterocycles. The van der Waals surface area contributed by atoms with Gasteiger partial charge in [-0.25, -0.2) is 4.98 Å². The zero-order valence-electron chi connectivity index (χ0n) is 10.1. The molecular formula is C13H12Cl2N2O2. The number of ether oxygens (including phenoxy) is 2. The summed E-state index contributed by atoms with van der Waals surface area (Å²) in [4.78, 5) is 4.02. The highest BCUT2D eigenvalue weighted by molar-refractivity contribution is 6.35. The molecule has 1 aromatic heterocycles. The molecule has 0 unspecified atom stereocenters. The minimum Gasteiger partial charge on any atom is -0.342 e. The van der Waals surface area contributed by atoms with Gasteiger partial charge >= 0.3 is 0 Å². The van der Waals surface area contributed by atoms with Crippen LogP contribution in [-0.4, -0.2) is 22.8 Å². The molecule has 0 atom stereocenters. The van der Waals surface area contributed by atoms with E-state index in [1.165, 1.54) is 0 Å². The Balaban J connectivity index is 2.00. The highest BCUT2D eigenvalue weighted by atomic mass is 35.5. The maximum absolute atomic E-state index is 6.27. The quantitative estimate of drug-likeness (QED) is 0.874. The Bertz CT molecular complexity index is 566. The Kier molecular flexibility index (Phi) is 3.50. The zero-order valence-corrected chi connectivity index (χ0v) is 11.6. The van der Waals surface area contributed by atoms with E-state index in [2.05, 4.69) is 4.98 Å². The molecule has 4 nitrogen and oxygen atoms in total. The van der Waals surface area contributed by atoms with Crippen LogP contribution in [0.2, 0.25) is 10.0 Å². The molecular weight excluding hydrogens is 287 g/mol. The molecule has 0 bridgehead atoms. The lowest BCUT2D eigenvalue weighted by atomic mass is 10.1. The summed E-state index contributed by atoms with van der Waals surface area (Å²) in [6.45, 7) is 1.57. The average Bonchev–Trinajstić information content (AvgIpc) is 3.02. The minimum atomic E-state index is -0.873. The van der Waals surface area contributed by atoms with Crippen molar-refractivity contribution in [1.82, 2.24) is 9.55 Å². The first kappa shape index (κ1) is 12.9. The highest BCUT2D eigenvalue weighted by Gasteiger charge is 2.40. The van der Waals surface area contributed by atoms with Crippen LogP contribution in [0.15, 0.2) is 36.9 Å². The fraction of sp³-hybridized carbons (Fsp3) is 0.308. The van der Waals surface area contributed by atoms with Crippen LogP contribution >= 0.6 is 23.2 Å². The monoisotopic (exact) mass is 298 g/mol. The largest absolute Gasteiger partial charge is 0.342 e. The fourth-order valence-electron chi connectivity index (χ4n) is 2.21. The second kappa shape index (κ2) is 5.13. The second-order valence-electron chi connectivity index (χ2n) is 4.31. The van der Waals surface area contributed by atoms with Crippen LogP contribution in [0.3, 0.4) is 0 Å². The topological polar surface area (TPSA) is 36.3 Å². The van der Waals surface area contributed by atoms with Gasteiger partial charge in [-0.15, -0.1) is 0 Å². The summed E-state index contributed by atoms with van der Waals surface area (Å²) in [6, 6.07) is 5.32. The Hall–Kier alpha value is -1.07. The van der Waals surface area contributed by atoms with Gasteiger partial charge in [0.1, 0.15) is 0 Å². The van der Waals surface area contributed by atoms with E-state index >= 15 is 0 Å². The standard InChI is InChI=1S/C13H12Cl2N2O2/c14-10-1-2-11(12(15)7-10)13(18-5-6-19-13)8-17-4-3-16-9-17/h1-4,7,9H,5-6,8H2. The zero-order chi connectivity index (χ0) is 13.3. The first-order valence-corrected chi connectivity index (χ1v) is 6.64. The van der Waals surface area contributed by atoms with E-state index in [0.717, 1.165) is 5.56 Å². The van der Waals surface area contributed by atoms with E-state index < -0.39 is 5.79 Å². The van der Waals surface area contributed by atoms with Crippen molar-refractivity contribution in [2.75, 3.05) is 13.2 Å². The number of rotatable bonds is 3. The van der Waals surface area contributed by atoms with E-state index in [1.807, 2.05) is 16.8 Å². The molecule has 2 aromatic rings. The van der Waals surface area contributed by atoms with Crippen molar-refractivity contribution < 1.29 is 9.47 Å². The van der Waals surface area contributed by atoms with Crippen molar-refractivity contribution in [3.05, 3.63) is 52.5 Å². The Labute approximate surface area is 120 Å². The van der Waals surface area contributed by atoms with Gasteiger partial charge in [0.05, 0.1) is 31.1 Å². The number of hydrogen-bond donors (Lipinski definition) is 0. The third-order valence-electron chi connectivity index (χ3n) is 3.05. The lowest BCUT2D eigenvalue weighted by Gasteiger charge is -2.29. The van der Waals surface area contributed by atoms with Gasteiger partial charge in [0.2, 0.25) is 5.79 Å². The average molecular weight is 299 g/mol. The van der Waals surface area contributed by atoms with Gasteiger partial charge < -0.3 is 14.0 Å². The highest BCUT2D eigenvalue weighted by Crippen LogP contribution is 2.38. The number of imidazole rings is 1. The predicted molar refractivity (Wildman–Crippen MR) is 72.3 cm³/mol. The summed E-state index contributed by atoms with van der Waals surface area (Å²) >= 11 is 12.2. The molecule has 0 spiro atoms. The second-order valence-corrected chi connectivity index (χ2v) is 5.15. The molecule has 6 heteroatoms. The Morgan fingerprint density at radius 3 is 2.68 bits per heavy atom. The van der Waals surface area contributed by atoms with Crippen molar-refractivity contribution in [3.63, 3.8) is 0 Å². The van der Waals surface area contributed by atoms with Crippen molar-refractivity contribution in [2.24, 2.45) is 0 Å². The Morgan fingerprint density at radius 2 is 2.05 bits per heavy atom. The van der Waals surface area contributed by atoms with Crippen molar-refractivity contribution in [2.45, 2.75) is 12.3 Å². The van der Waals surface area contributed by atoms with Crippen LogP contribution in [0.4, 0.5) is 0 Å². The molecule has 1 aliphatic heterocycles. The SMILES string of the molecule is Clc1ccc(C2(Cn3ccnc3)OCCO2)c(Cl)c1. The molecule has 0 radical (unpaired) electrons. The van der Waals surface area contributed by atoms with Gasteiger partial charge in [0.15, 0.2) is 0 Å². The molecule has 1 fully saturated rings. The molecule has 19 heavy (non-hydrogen) atoms. The number of hydrogen-bond acceptors (Lipinski definition) is 3. The molecule has 1 aliphatic rings. The molecule has 0 N–H and O–H groups in total. The van der Waals surface area contributed by atoms with E-state index in [9.17, 15) is 0 Å². The van der Waals surface area contributed by atoms with Gasteiger partial charge in [-0.3, -0.25) is 0 Å². The first-order chi connectivity index (χ1) is 9.20. The van der Waals surface area contributed by atoms with Crippen LogP contribution in [-0.2, 0) is 21.8 Å². The van der Waals surface area contributed by atoms with Crippen molar-refractivity contribution in [3.8, 4) is 0 Å². The van der Waals surface area contributed by atoms with E-state index in [0.29, 0.717) is 29.8 Å². The molecule has 3 rings (SSSR count). The lowest BCUT2D eigenvalue weighted by Crippen LogP contribution is -2.32. The van der Waals surface area contributed by atoms with Crippen LogP contribution < -0.4 is 0 Å². The van der Waals surface area contributed by atoms with Crippen molar-refractivity contribution >= 4 is 23.2 Å². The first-order valence-electron chi connectivity index (χ1n) is 5.89. The van der Waals surface area contributed by atoms with Gasteiger partial charge in [0.25, 0.3) is 0 Å². The summed E-state index contributed by atoms with van der Waals surface area (Å²) in [5.74, 6) is -0.873. The summed E-state index contributed by atoms with van der Waals surface area (Å²) in [7, 11) is 0. The number of aromatic nitrogens is 2. The van der Waals surface area contributed by atoms with Gasteiger partial charge in [-0.2, -0.15) is 0 Å². The third-order valence-corrected chi connectivity index (χ3v) is 3.59. The normalized spacial score (nSPS) is 17.8. The minimum absolute atomic E-state index is 0.494. The number of halogens is 2. The maximum Gasteiger partial charge on any atom is 0.215 e. The van der Waals surface area contributed by atoms with Gasteiger partial charge in [-0.05, 0) is 12.1 Å². The van der Waals surface area contributed by atoms with Crippen LogP contribution in [0, 0.1) is 0 Å². The molecule has 100 valence electrons. The van der Waals surface area contributed by atoms with E-state index in [4.69, 9.17) is 32.7 Å². The number of benzene rings is 1. The lowest BCUT2D eigenvalue weighted by molar-refractivity contribution is -0.176. The summed E-state index contributed by atoms with van der Waals surface area (Å²) in [5, 5.41) is 1.12. The molecule has 0 aliphatic carbocycles. The van der Waals surface area contributed by atoms with Crippen LogP contribution in [0.1, 0.15) is 5.56 Å². The van der Waals surface area contributed by atoms with E-state index in [1.54, 1.807) is 24.7 Å². The number of nitrogens with zero attached hydrogens (tertiary/aromatic N) is 2. The van der Waals surface area contributed by atoms with E-state index in [-0.39, 0.29) is 0 Å². The molecule has 0 saturated carbocycles. The van der Waals surface area contributed by atoms with Gasteiger partial charge in [0, 0.05) is 23.0 Å². The summed E-state index contributed by atoms with van der Waals surface area (Å²) in [6.07, 6.45) is 5.29. The molecule has 1 saturated heterocycles. The summed E-state index contributed by atoms with van der Waals surface area (Å²) < 4.78 is 13.5. The van der Waals surface area contributed by atoms with Gasteiger partial charge in [-0.1, -0.05) is 29.3 Å². The van der Waals surface area contributed by atoms with Crippen LogP contribution in [0.25, 0.3) is 0 Å². The smallest absolute Gasteiger partial charge is 0.215 e. The fourth-order valence-corrected chi connectivity index (χ4v) is 2.76. The third kappa shape index (κ3) is 2.49. The van der Waals surface area contributed by atoms with Crippen molar-refractivity contribution in [1.29, 1.82) is 0 Å². The molecule has 0 amide bonds. The van der Waals surface area contributed by atoms with Crippen LogP contribution in [0.5, 0.6) is 0 Å².